The van der Waals surface area contributed by atoms with Gasteiger partial charge in [0.15, 0.2) is 0 Å². The molecule has 0 bridgehead atoms. The molecule has 0 radical (unpaired) electrons. The lowest BCUT2D eigenvalue weighted by molar-refractivity contribution is 0.101. The summed E-state index contributed by atoms with van der Waals surface area (Å²) in [5.74, 6) is 0.952. The van der Waals surface area contributed by atoms with Crippen LogP contribution in [0.1, 0.15) is 46.5 Å². The van der Waals surface area contributed by atoms with E-state index < -0.39 is 9.73 Å². The SMILES string of the molecule is Cc1c(C(=O)N=S2(=O)CCC(C3(N)CC3)CC2)sc2ccc(C#N)cc12. The smallest absolute Gasteiger partial charge is 0.295 e. The lowest BCUT2D eigenvalue weighted by atomic mass is 9.92. The summed E-state index contributed by atoms with van der Waals surface area (Å²) in [6, 6.07) is 7.50. The van der Waals surface area contributed by atoms with Gasteiger partial charge in [0.2, 0.25) is 0 Å². The Labute approximate surface area is 157 Å². The summed E-state index contributed by atoms with van der Waals surface area (Å²) >= 11 is 1.36. The van der Waals surface area contributed by atoms with Gasteiger partial charge in [0, 0.05) is 21.7 Å². The van der Waals surface area contributed by atoms with Crippen LogP contribution in [-0.2, 0) is 9.73 Å². The molecule has 0 atom stereocenters. The Morgan fingerprint density at radius 2 is 2.08 bits per heavy atom. The van der Waals surface area contributed by atoms with Crippen molar-refractivity contribution in [3.05, 3.63) is 34.2 Å². The standard InChI is InChI=1S/C19H21N3O2S2/c1-12-15-10-13(11-20)2-3-16(15)25-17(12)18(23)22-26(24)8-4-14(5-9-26)19(21)6-7-19/h2-3,10,14H,4-9,21H2,1H3. The predicted molar refractivity (Wildman–Crippen MR) is 105 cm³/mol. The molecular formula is C19H21N3O2S2. The van der Waals surface area contributed by atoms with Crippen LogP contribution in [0.2, 0.25) is 0 Å². The first kappa shape index (κ1) is 17.7. The van der Waals surface area contributed by atoms with E-state index in [0.29, 0.717) is 27.9 Å². The molecular weight excluding hydrogens is 366 g/mol. The van der Waals surface area contributed by atoms with Gasteiger partial charge in [-0.15, -0.1) is 11.3 Å². The molecule has 1 aromatic carbocycles. The van der Waals surface area contributed by atoms with Gasteiger partial charge in [-0.1, -0.05) is 0 Å². The first-order valence-corrected chi connectivity index (χ1v) is 11.5. The van der Waals surface area contributed by atoms with Gasteiger partial charge < -0.3 is 5.73 Å². The Kier molecular flexibility index (Phi) is 4.18. The summed E-state index contributed by atoms with van der Waals surface area (Å²) in [4.78, 5) is 13.3. The van der Waals surface area contributed by atoms with Crippen molar-refractivity contribution in [2.75, 3.05) is 11.5 Å². The average Bonchev–Trinajstić information content (AvgIpc) is 3.28. The number of nitriles is 1. The average molecular weight is 388 g/mol. The van der Waals surface area contributed by atoms with E-state index in [4.69, 9.17) is 11.0 Å². The number of rotatable bonds is 2. The fourth-order valence-corrected chi connectivity index (χ4v) is 7.02. The molecule has 2 fully saturated rings. The van der Waals surface area contributed by atoms with Crippen LogP contribution in [0.5, 0.6) is 0 Å². The van der Waals surface area contributed by atoms with Crippen molar-refractivity contribution in [3.8, 4) is 6.07 Å². The van der Waals surface area contributed by atoms with Gasteiger partial charge in [-0.2, -0.15) is 9.62 Å². The minimum atomic E-state index is -2.50. The maximum absolute atomic E-state index is 13.0. The molecule has 1 aliphatic heterocycles. The van der Waals surface area contributed by atoms with Gasteiger partial charge in [-0.05, 0) is 67.7 Å². The highest BCUT2D eigenvalue weighted by molar-refractivity contribution is 7.93. The van der Waals surface area contributed by atoms with Crippen LogP contribution < -0.4 is 5.73 Å². The fraction of sp³-hybridized carbons (Fsp3) is 0.474. The molecule has 1 saturated carbocycles. The second kappa shape index (κ2) is 6.15. The van der Waals surface area contributed by atoms with E-state index in [1.807, 2.05) is 13.0 Å². The number of hydrogen-bond donors (Lipinski definition) is 1. The first-order chi connectivity index (χ1) is 12.3. The van der Waals surface area contributed by atoms with E-state index in [2.05, 4.69) is 10.4 Å². The number of nitrogens with zero attached hydrogens (tertiary/aromatic N) is 2. The number of nitrogens with two attached hydrogens (primary N) is 1. The molecule has 4 rings (SSSR count). The zero-order chi connectivity index (χ0) is 18.5. The zero-order valence-corrected chi connectivity index (χ0v) is 16.3. The van der Waals surface area contributed by atoms with Crippen molar-refractivity contribution in [3.63, 3.8) is 0 Å². The van der Waals surface area contributed by atoms with Crippen molar-refractivity contribution in [1.29, 1.82) is 5.26 Å². The van der Waals surface area contributed by atoms with Gasteiger partial charge in [-0.25, -0.2) is 4.21 Å². The van der Waals surface area contributed by atoms with E-state index in [9.17, 15) is 9.00 Å². The Bertz CT molecular complexity index is 1050. The van der Waals surface area contributed by atoms with E-state index in [-0.39, 0.29) is 11.4 Å². The van der Waals surface area contributed by atoms with Crippen LogP contribution >= 0.6 is 11.3 Å². The monoisotopic (exact) mass is 387 g/mol. The molecule has 7 heteroatoms. The third-order valence-corrected chi connectivity index (χ3v) is 9.23. The molecule has 1 aliphatic carbocycles. The maximum atomic E-state index is 13.0. The molecule has 2 heterocycles. The number of hydrogen-bond acceptors (Lipinski definition) is 5. The van der Waals surface area contributed by atoms with Crippen molar-refractivity contribution in [2.45, 2.75) is 38.1 Å². The Hall–Kier alpha value is -1.75. The highest BCUT2D eigenvalue weighted by Crippen LogP contribution is 2.44. The largest absolute Gasteiger partial charge is 0.325 e. The summed E-state index contributed by atoms with van der Waals surface area (Å²) in [5.41, 5.74) is 7.60. The van der Waals surface area contributed by atoms with E-state index in [0.717, 1.165) is 41.3 Å². The Balaban J connectivity index is 1.61. The molecule has 1 saturated heterocycles. The molecule has 2 N–H and O–H groups in total. The van der Waals surface area contributed by atoms with Crippen LogP contribution in [0.3, 0.4) is 0 Å². The minimum absolute atomic E-state index is 0.0503. The topological polar surface area (TPSA) is 96.3 Å². The van der Waals surface area contributed by atoms with Crippen molar-refractivity contribution in [1.82, 2.24) is 0 Å². The molecule has 0 unspecified atom stereocenters. The Morgan fingerprint density at radius 1 is 1.38 bits per heavy atom. The van der Waals surface area contributed by atoms with E-state index in [1.54, 1.807) is 12.1 Å². The van der Waals surface area contributed by atoms with Gasteiger partial charge in [-0.3, -0.25) is 4.79 Å². The van der Waals surface area contributed by atoms with Crippen molar-refractivity contribution >= 4 is 37.1 Å². The molecule has 5 nitrogen and oxygen atoms in total. The third-order valence-electron chi connectivity index (χ3n) is 5.72. The van der Waals surface area contributed by atoms with Crippen LogP contribution in [0, 0.1) is 24.2 Å². The maximum Gasteiger partial charge on any atom is 0.295 e. The number of fused-ring (bicyclic) bond motifs is 1. The summed E-state index contributed by atoms with van der Waals surface area (Å²) in [7, 11) is -2.50. The van der Waals surface area contributed by atoms with Crippen LogP contribution in [0.25, 0.3) is 10.1 Å². The second-order valence-electron chi connectivity index (χ2n) is 7.46. The number of carbonyl (C=O) groups excluding carboxylic acids is 1. The molecule has 1 aromatic heterocycles. The fourth-order valence-electron chi connectivity index (χ4n) is 3.81. The molecule has 2 aliphatic rings. The summed E-state index contributed by atoms with van der Waals surface area (Å²) < 4.78 is 18.2. The quantitative estimate of drug-likeness (QED) is 0.851. The molecule has 26 heavy (non-hydrogen) atoms. The van der Waals surface area contributed by atoms with Crippen LogP contribution in [0.15, 0.2) is 22.6 Å². The van der Waals surface area contributed by atoms with Gasteiger partial charge in [0.25, 0.3) is 5.91 Å². The highest BCUT2D eigenvalue weighted by Gasteiger charge is 2.46. The number of thiophene rings is 1. The van der Waals surface area contributed by atoms with Crippen molar-refractivity contribution in [2.24, 2.45) is 16.0 Å². The van der Waals surface area contributed by atoms with E-state index in [1.165, 1.54) is 11.3 Å². The van der Waals surface area contributed by atoms with Gasteiger partial charge in [0.1, 0.15) is 0 Å². The van der Waals surface area contributed by atoms with Gasteiger partial charge in [0.05, 0.1) is 26.2 Å². The molecule has 0 spiro atoms. The molecule has 1 amide bonds. The highest BCUT2D eigenvalue weighted by atomic mass is 32.2. The summed E-state index contributed by atoms with van der Waals surface area (Å²) in [5, 5.41) is 9.95. The first-order valence-electron chi connectivity index (χ1n) is 8.83. The number of aryl methyl sites for hydroxylation is 1. The molecule has 2 aromatic rings. The molecule has 136 valence electrons. The van der Waals surface area contributed by atoms with Crippen molar-refractivity contribution < 1.29 is 9.00 Å². The minimum Gasteiger partial charge on any atom is -0.325 e. The number of benzene rings is 1. The third kappa shape index (κ3) is 3.07. The summed E-state index contributed by atoms with van der Waals surface area (Å²) in [6.45, 7) is 1.86. The number of amides is 1. The normalized spacial score (nSPS) is 27.0. The summed E-state index contributed by atoms with van der Waals surface area (Å²) in [6.07, 6.45) is 3.70. The van der Waals surface area contributed by atoms with E-state index >= 15 is 0 Å². The number of carbonyl (C=O) groups is 1. The van der Waals surface area contributed by atoms with Crippen LogP contribution in [-0.4, -0.2) is 27.2 Å². The zero-order valence-electron chi connectivity index (χ0n) is 14.7. The Morgan fingerprint density at radius 3 is 2.69 bits per heavy atom. The lowest BCUT2D eigenvalue weighted by Crippen LogP contribution is -2.38. The van der Waals surface area contributed by atoms with Crippen LogP contribution in [0.4, 0.5) is 0 Å². The van der Waals surface area contributed by atoms with Gasteiger partial charge >= 0.3 is 0 Å². The predicted octanol–water partition coefficient (Wildman–Crippen LogP) is 3.59. The lowest BCUT2D eigenvalue weighted by Gasteiger charge is -2.29. The second-order valence-corrected chi connectivity index (χ2v) is 11.1.